The van der Waals surface area contributed by atoms with Crippen molar-refractivity contribution in [2.45, 2.75) is 50.2 Å². The van der Waals surface area contributed by atoms with Gasteiger partial charge in [-0.3, -0.25) is 4.79 Å². The maximum absolute atomic E-state index is 15.0. The van der Waals surface area contributed by atoms with Crippen LogP contribution >= 0.6 is 0 Å². The fourth-order valence-electron chi connectivity index (χ4n) is 4.91. The lowest BCUT2D eigenvalue weighted by atomic mass is 9.76. The number of aromatic carboxylic acids is 1. The number of carboxylic acids is 1. The zero-order valence-corrected chi connectivity index (χ0v) is 14.9. The van der Waals surface area contributed by atoms with Crippen LogP contribution in [-0.2, 0) is 0 Å². The van der Waals surface area contributed by atoms with E-state index in [1.165, 1.54) is 12.3 Å². The fraction of sp³-hybridized carbons (Fsp3) is 0.500. The van der Waals surface area contributed by atoms with E-state index in [4.69, 9.17) is 5.73 Å². The van der Waals surface area contributed by atoms with E-state index in [0.29, 0.717) is 17.1 Å². The Kier molecular flexibility index (Phi) is 3.59. The summed E-state index contributed by atoms with van der Waals surface area (Å²) in [5, 5.41) is 9.48. The summed E-state index contributed by atoms with van der Waals surface area (Å²) in [6.07, 6.45) is 6.34. The Bertz CT molecular complexity index is 1010. The number of halogens is 1. The highest BCUT2D eigenvalue weighted by Crippen LogP contribution is 2.41. The molecule has 0 unspecified atom stereocenters. The number of hydrogen-bond acceptors (Lipinski definition) is 4. The minimum Gasteiger partial charge on any atom is -0.477 e. The van der Waals surface area contributed by atoms with Crippen molar-refractivity contribution in [3.05, 3.63) is 39.9 Å². The van der Waals surface area contributed by atoms with E-state index in [-0.39, 0.29) is 29.1 Å². The van der Waals surface area contributed by atoms with Gasteiger partial charge in [0.15, 0.2) is 0 Å². The molecule has 2 saturated carbocycles. The van der Waals surface area contributed by atoms with Gasteiger partial charge < -0.3 is 20.3 Å². The van der Waals surface area contributed by atoms with Gasteiger partial charge in [-0.2, -0.15) is 0 Å². The predicted molar refractivity (Wildman–Crippen MR) is 99.8 cm³/mol. The second kappa shape index (κ2) is 5.79. The summed E-state index contributed by atoms with van der Waals surface area (Å²) in [6, 6.07) is 3.26. The smallest absolute Gasteiger partial charge is 0.341 e. The zero-order valence-electron chi connectivity index (χ0n) is 14.9. The van der Waals surface area contributed by atoms with E-state index in [1.54, 1.807) is 6.07 Å². The van der Waals surface area contributed by atoms with Gasteiger partial charge in [0.05, 0.1) is 11.2 Å². The summed E-state index contributed by atoms with van der Waals surface area (Å²) in [5.74, 6) is -1.29. The van der Waals surface area contributed by atoms with Gasteiger partial charge >= 0.3 is 5.97 Å². The van der Waals surface area contributed by atoms with E-state index < -0.39 is 17.2 Å². The summed E-state index contributed by atoms with van der Waals surface area (Å²) >= 11 is 0. The number of nitrogens with zero attached hydrogens (tertiary/aromatic N) is 2. The number of benzene rings is 1. The topological polar surface area (TPSA) is 88.6 Å². The highest BCUT2D eigenvalue weighted by molar-refractivity contribution is 5.93. The van der Waals surface area contributed by atoms with Gasteiger partial charge in [-0.15, -0.1) is 0 Å². The minimum absolute atomic E-state index is 0.0348. The molecular weight excluding hydrogens is 349 g/mol. The van der Waals surface area contributed by atoms with Gasteiger partial charge in [0, 0.05) is 36.3 Å². The Morgan fingerprint density at radius 2 is 2.00 bits per heavy atom. The second-order valence-electron chi connectivity index (χ2n) is 8.20. The summed E-state index contributed by atoms with van der Waals surface area (Å²) < 4.78 is 16.9. The summed E-state index contributed by atoms with van der Waals surface area (Å²) in [7, 11) is 0. The molecule has 6 rings (SSSR count). The Balaban J connectivity index is 1.71. The summed E-state index contributed by atoms with van der Waals surface area (Å²) in [4.78, 5) is 26.1. The molecule has 27 heavy (non-hydrogen) atoms. The standard InChI is InChI=1S/C20H22FN3O3/c21-14-6-12-17(23(11-2-3-11)9-13(19(12)25)20(26)27)7-18(14)24-8-10-1-4-16(24)15(22)5-10/h6-7,9-11,15-16H,1-5,8,22H2,(H,26,27)/t10-,15-,16+/m1/s1. The Morgan fingerprint density at radius 1 is 1.22 bits per heavy atom. The van der Waals surface area contributed by atoms with E-state index in [1.807, 2.05) is 4.57 Å². The molecule has 1 aromatic carbocycles. The Morgan fingerprint density at radius 3 is 2.63 bits per heavy atom. The normalized spacial score (nSPS) is 27.3. The summed E-state index contributed by atoms with van der Waals surface area (Å²) in [5.41, 5.74) is 6.44. The molecule has 3 N–H and O–H groups in total. The van der Waals surface area contributed by atoms with Crippen LogP contribution in [0.3, 0.4) is 0 Å². The van der Waals surface area contributed by atoms with Crippen molar-refractivity contribution in [2.24, 2.45) is 11.7 Å². The fourth-order valence-corrected chi connectivity index (χ4v) is 4.91. The quantitative estimate of drug-likeness (QED) is 0.865. The highest BCUT2D eigenvalue weighted by atomic mass is 19.1. The molecule has 2 saturated heterocycles. The third-order valence-corrected chi connectivity index (χ3v) is 6.41. The minimum atomic E-state index is -1.28. The first-order valence-corrected chi connectivity index (χ1v) is 9.58. The molecule has 7 heteroatoms. The van der Waals surface area contributed by atoms with Crippen LogP contribution in [0.15, 0.2) is 23.1 Å². The van der Waals surface area contributed by atoms with E-state index in [0.717, 1.165) is 38.6 Å². The molecule has 2 aliphatic carbocycles. The molecule has 0 amide bonds. The van der Waals surface area contributed by atoms with E-state index in [2.05, 4.69) is 4.90 Å². The predicted octanol–water partition coefficient (Wildman–Crippen LogP) is 2.49. The van der Waals surface area contributed by atoms with Crippen molar-refractivity contribution in [3.63, 3.8) is 0 Å². The number of pyridine rings is 1. The average Bonchev–Trinajstić information content (AvgIpc) is 3.47. The van der Waals surface area contributed by atoms with Crippen LogP contribution in [0.1, 0.15) is 48.5 Å². The molecule has 1 aromatic heterocycles. The van der Waals surface area contributed by atoms with Crippen LogP contribution in [-0.4, -0.2) is 34.3 Å². The van der Waals surface area contributed by atoms with Crippen molar-refractivity contribution in [1.82, 2.24) is 4.57 Å². The van der Waals surface area contributed by atoms with Crippen LogP contribution in [0, 0.1) is 11.7 Å². The van der Waals surface area contributed by atoms with Crippen LogP contribution in [0.4, 0.5) is 10.1 Å². The van der Waals surface area contributed by atoms with Gasteiger partial charge in [-0.25, -0.2) is 9.18 Å². The number of carbonyl (C=O) groups is 1. The number of hydrogen-bond donors (Lipinski definition) is 2. The number of fused-ring (bicyclic) bond motifs is 4. The number of anilines is 1. The lowest BCUT2D eigenvalue weighted by Crippen LogP contribution is -2.59. The van der Waals surface area contributed by atoms with Crippen LogP contribution in [0.2, 0.25) is 0 Å². The van der Waals surface area contributed by atoms with Gasteiger partial charge in [-0.1, -0.05) is 0 Å². The molecule has 4 aliphatic rings. The van der Waals surface area contributed by atoms with Gasteiger partial charge in [0.2, 0.25) is 5.43 Å². The number of piperidine rings is 2. The molecule has 3 atom stereocenters. The average molecular weight is 371 g/mol. The van der Waals surface area contributed by atoms with Crippen molar-refractivity contribution in [3.8, 4) is 0 Å². The van der Waals surface area contributed by atoms with Gasteiger partial charge in [0.25, 0.3) is 0 Å². The molecule has 2 bridgehead atoms. The molecule has 2 aromatic rings. The maximum atomic E-state index is 15.0. The van der Waals surface area contributed by atoms with Crippen molar-refractivity contribution < 1.29 is 14.3 Å². The first kappa shape index (κ1) is 16.7. The first-order valence-electron chi connectivity index (χ1n) is 9.58. The SMILES string of the molecule is N[C@@H]1C[C@H]2CC[C@@H]1N(c1cc3c(cc1F)c(=O)c(C(=O)O)cn3C1CC1)C2. The third-order valence-electron chi connectivity index (χ3n) is 6.41. The van der Waals surface area contributed by atoms with Gasteiger partial charge in [0.1, 0.15) is 11.4 Å². The van der Waals surface area contributed by atoms with Gasteiger partial charge in [-0.05, 0) is 50.2 Å². The monoisotopic (exact) mass is 371 g/mol. The molecule has 3 heterocycles. The van der Waals surface area contributed by atoms with Crippen LogP contribution < -0.4 is 16.1 Å². The van der Waals surface area contributed by atoms with Crippen molar-refractivity contribution >= 4 is 22.6 Å². The molecule has 4 fully saturated rings. The molecule has 6 nitrogen and oxygen atoms in total. The molecule has 142 valence electrons. The van der Waals surface area contributed by atoms with E-state index >= 15 is 4.39 Å². The van der Waals surface area contributed by atoms with Crippen LogP contribution in [0.5, 0.6) is 0 Å². The van der Waals surface area contributed by atoms with Crippen LogP contribution in [0.25, 0.3) is 10.9 Å². The largest absolute Gasteiger partial charge is 0.477 e. The zero-order chi connectivity index (χ0) is 18.9. The number of rotatable bonds is 3. The Hall–Kier alpha value is -2.41. The summed E-state index contributed by atoms with van der Waals surface area (Å²) in [6.45, 7) is 0.779. The van der Waals surface area contributed by atoms with E-state index in [9.17, 15) is 14.7 Å². The van der Waals surface area contributed by atoms with Crippen molar-refractivity contribution in [2.75, 3.05) is 11.4 Å². The molecule has 0 spiro atoms. The molecule has 2 aliphatic heterocycles. The number of nitrogens with two attached hydrogens (primary N) is 1. The lowest BCUT2D eigenvalue weighted by Gasteiger charge is -2.50. The molecule has 0 radical (unpaired) electrons. The number of carboxylic acid groups (broad SMARTS) is 1. The third kappa shape index (κ3) is 2.56. The second-order valence-corrected chi connectivity index (χ2v) is 8.20. The Labute approximate surface area is 155 Å². The maximum Gasteiger partial charge on any atom is 0.341 e. The number of aromatic nitrogens is 1. The lowest BCUT2D eigenvalue weighted by molar-refractivity contribution is 0.0695. The molecular formula is C20H22FN3O3. The van der Waals surface area contributed by atoms with Crippen molar-refractivity contribution in [1.29, 1.82) is 0 Å². The highest BCUT2D eigenvalue weighted by Gasteiger charge is 2.40. The first-order chi connectivity index (χ1) is 12.9.